The van der Waals surface area contributed by atoms with Gasteiger partial charge in [0.1, 0.15) is 4.90 Å². The molecule has 0 amide bonds. The van der Waals surface area contributed by atoms with Gasteiger partial charge in [0.05, 0.1) is 17.3 Å². The second kappa shape index (κ2) is 5.86. The van der Waals surface area contributed by atoms with Crippen molar-refractivity contribution in [2.75, 3.05) is 19.0 Å². The Morgan fingerprint density at radius 1 is 1.45 bits per heavy atom. The molecule has 1 aliphatic rings. The first-order chi connectivity index (χ1) is 9.42. The van der Waals surface area contributed by atoms with Gasteiger partial charge in [-0.15, -0.1) is 0 Å². The summed E-state index contributed by atoms with van der Waals surface area (Å²) in [5.74, 6) is -0.334. The number of nitrogens with zero attached hydrogens (tertiary/aromatic N) is 1. The normalized spacial score (nSPS) is 20.8. The molecule has 8 heteroatoms. The summed E-state index contributed by atoms with van der Waals surface area (Å²) in [5.41, 5.74) is 5.49. The van der Waals surface area contributed by atoms with E-state index in [4.69, 9.17) is 10.5 Å². The summed E-state index contributed by atoms with van der Waals surface area (Å²) in [6.45, 7) is 1.01. The zero-order valence-electron chi connectivity index (χ0n) is 10.8. The summed E-state index contributed by atoms with van der Waals surface area (Å²) in [6, 6.07) is 4.73. The molecule has 0 aliphatic carbocycles. The smallest absolute Gasteiger partial charge is 0.287 e. The van der Waals surface area contributed by atoms with Gasteiger partial charge in [0, 0.05) is 24.6 Å². The van der Waals surface area contributed by atoms with E-state index in [1.165, 1.54) is 24.3 Å². The van der Waals surface area contributed by atoms with Gasteiger partial charge in [-0.1, -0.05) is 12.1 Å². The molecule has 0 aromatic heterocycles. The number of sulfone groups is 1. The quantitative estimate of drug-likeness (QED) is 0.633. The number of hydrogen-bond acceptors (Lipinski definition) is 6. The predicted octanol–water partition coefficient (Wildman–Crippen LogP) is 0.732. The Morgan fingerprint density at radius 3 is 2.75 bits per heavy atom. The lowest BCUT2D eigenvalue weighted by Crippen LogP contribution is -2.37. The van der Waals surface area contributed by atoms with Gasteiger partial charge in [-0.3, -0.25) is 10.1 Å². The van der Waals surface area contributed by atoms with Crippen molar-refractivity contribution in [1.29, 1.82) is 0 Å². The number of nitro benzene ring substituents is 1. The molecule has 110 valence electrons. The van der Waals surface area contributed by atoms with Gasteiger partial charge in [-0.25, -0.2) is 8.42 Å². The molecule has 1 saturated heterocycles. The summed E-state index contributed by atoms with van der Waals surface area (Å²) in [4.78, 5) is 9.92. The molecule has 1 aromatic rings. The van der Waals surface area contributed by atoms with Crippen LogP contribution in [0.1, 0.15) is 6.42 Å². The first-order valence-corrected chi connectivity index (χ1v) is 7.86. The maximum absolute atomic E-state index is 12.3. The van der Waals surface area contributed by atoms with Gasteiger partial charge < -0.3 is 10.5 Å². The van der Waals surface area contributed by atoms with Crippen molar-refractivity contribution >= 4 is 15.5 Å². The highest BCUT2D eigenvalue weighted by Gasteiger charge is 2.31. The SMILES string of the molecule is NC(CS(=O)(=O)c1ccccc1[N+](=O)[O-])C1CCOC1. The maximum atomic E-state index is 12.3. The van der Waals surface area contributed by atoms with Gasteiger partial charge in [-0.05, 0) is 12.5 Å². The van der Waals surface area contributed by atoms with Crippen molar-refractivity contribution in [1.82, 2.24) is 0 Å². The molecule has 0 bridgehead atoms. The number of para-hydroxylation sites is 1. The summed E-state index contributed by atoms with van der Waals surface area (Å²) in [6.07, 6.45) is 0.716. The molecule has 2 N–H and O–H groups in total. The molecule has 0 saturated carbocycles. The van der Waals surface area contributed by atoms with Crippen LogP contribution in [0.3, 0.4) is 0 Å². The van der Waals surface area contributed by atoms with Crippen molar-refractivity contribution in [2.24, 2.45) is 11.7 Å². The van der Waals surface area contributed by atoms with E-state index in [9.17, 15) is 18.5 Å². The highest BCUT2D eigenvalue weighted by molar-refractivity contribution is 7.91. The third kappa shape index (κ3) is 3.14. The van der Waals surface area contributed by atoms with Crippen LogP contribution >= 0.6 is 0 Å². The van der Waals surface area contributed by atoms with E-state index in [1.807, 2.05) is 0 Å². The van der Waals surface area contributed by atoms with Crippen LogP contribution in [-0.4, -0.2) is 38.3 Å². The second-order valence-electron chi connectivity index (χ2n) is 4.79. The van der Waals surface area contributed by atoms with Crippen molar-refractivity contribution in [2.45, 2.75) is 17.4 Å². The van der Waals surface area contributed by atoms with Crippen LogP contribution in [0.2, 0.25) is 0 Å². The largest absolute Gasteiger partial charge is 0.381 e. The molecule has 0 radical (unpaired) electrons. The lowest BCUT2D eigenvalue weighted by Gasteiger charge is -2.17. The standard InChI is InChI=1S/C12H16N2O5S/c13-10(9-5-6-19-7-9)8-20(17,18)12-4-2-1-3-11(12)14(15)16/h1-4,9-10H,5-8,13H2. The van der Waals surface area contributed by atoms with Gasteiger partial charge in [0.2, 0.25) is 0 Å². The first kappa shape index (κ1) is 14.9. The molecular weight excluding hydrogens is 284 g/mol. The zero-order chi connectivity index (χ0) is 14.8. The number of ether oxygens (including phenoxy) is 1. The third-order valence-electron chi connectivity index (χ3n) is 3.38. The molecular formula is C12H16N2O5S. The Bertz CT molecular complexity index is 596. The van der Waals surface area contributed by atoms with Crippen molar-refractivity contribution in [3.05, 3.63) is 34.4 Å². The Morgan fingerprint density at radius 2 is 2.15 bits per heavy atom. The Labute approximate surface area is 116 Å². The Balaban J connectivity index is 2.24. The topological polar surface area (TPSA) is 113 Å². The number of benzene rings is 1. The van der Waals surface area contributed by atoms with E-state index in [0.717, 1.165) is 0 Å². The first-order valence-electron chi connectivity index (χ1n) is 6.21. The number of nitrogens with two attached hydrogens (primary N) is 1. The molecule has 2 rings (SSSR count). The van der Waals surface area contributed by atoms with E-state index < -0.39 is 26.5 Å². The zero-order valence-corrected chi connectivity index (χ0v) is 11.6. The molecule has 2 atom stereocenters. The van der Waals surface area contributed by atoms with Crippen molar-refractivity contribution in [3.8, 4) is 0 Å². The minimum atomic E-state index is -3.79. The van der Waals surface area contributed by atoms with E-state index in [0.29, 0.717) is 19.6 Å². The number of nitro groups is 1. The van der Waals surface area contributed by atoms with Gasteiger partial charge >= 0.3 is 0 Å². The summed E-state index contributed by atoms with van der Waals surface area (Å²) >= 11 is 0. The average molecular weight is 300 g/mol. The lowest BCUT2D eigenvalue weighted by atomic mass is 10.0. The fourth-order valence-electron chi connectivity index (χ4n) is 2.24. The fraction of sp³-hybridized carbons (Fsp3) is 0.500. The van der Waals surface area contributed by atoms with Crippen LogP contribution in [0.25, 0.3) is 0 Å². The Hall–Kier alpha value is -1.51. The van der Waals surface area contributed by atoms with Gasteiger partial charge in [0.15, 0.2) is 9.84 Å². The molecule has 0 spiro atoms. The van der Waals surface area contributed by atoms with E-state index in [1.54, 1.807) is 0 Å². The highest BCUT2D eigenvalue weighted by Crippen LogP contribution is 2.26. The molecule has 7 nitrogen and oxygen atoms in total. The monoisotopic (exact) mass is 300 g/mol. The van der Waals surface area contributed by atoms with E-state index in [2.05, 4.69) is 0 Å². The van der Waals surface area contributed by atoms with Crippen LogP contribution in [-0.2, 0) is 14.6 Å². The molecule has 2 unspecified atom stereocenters. The number of hydrogen-bond donors (Lipinski definition) is 1. The van der Waals surface area contributed by atoms with E-state index >= 15 is 0 Å². The minimum Gasteiger partial charge on any atom is -0.381 e. The van der Waals surface area contributed by atoms with Crippen molar-refractivity contribution in [3.63, 3.8) is 0 Å². The van der Waals surface area contributed by atoms with Crippen LogP contribution in [0.5, 0.6) is 0 Å². The molecule has 1 aliphatic heterocycles. The average Bonchev–Trinajstić information content (AvgIpc) is 2.92. The molecule has 1 heterocycles. The lowest BCUT2D eigenvalue weighted by molar-refractivity contribution is -0.387. The van der Waals surface area contributed by atoms with Crippen LogP contribution < -0.4 is 5.73 Å². The predicted molar refractivity (Wildman–Crippen MR) is 72.1 cm³/mol. The minimum absolute atomic E-state index is 0.0208. The van der Waals surface area contributed by atoms with Gasteiger partial charge in [0.25, 0.3) is 5.69 Å². The van der Waals surface area contributed by atoms with Crippen LogP contribution in [0.4, 0.5) is 5.69 Å². The molecule has 1 fully saturated rings. The molecule has 1 aromatic carbocycles. The maximum Gasteiger partial charge on any atom is 0.287 e. The van der Waals surface area contributed by atoms with Crippen LogP contribution in [0.15, 0.2) is 29.2 Å². The second-order valence-corrected chi connectivity index (χ2v) is 6.80. The molecule has 20 heavy (non-hydrogen) atoms. The Kier molecular flexibility index (Phi) is 4.36. The number of rotatable bonds is 5. The summed E-state index contributed by atoms with van der Waals surface area (Å²) in [5, 5.41) is 10.9. The highest BCUT2D eigenvalue weighted by atomic mass is 32.2. The van der Waals surface area contributed by atoms with E-state index in [-0.39, 0.29) is 16.6 Å². The summed E-state index contributed by atoms with van der Waals surface area (Å²) in [7, 11) is -3.79. The fourth-order valence-corrected chi connectivity index (χ4v) is 3.95. The summed E-state index contributed by atoms with van der Waals surface area (Å²) < 4.78 is 29.8. The third-order valence-corrected chi connectivity index (χ3v) is 5.22. The van der Waals surface area contributed by atoms with Crippen LogP contribution in [0, 0.1) is 16.0 Å². The van der Waals surface area contributed by atoms with Gasteiger partial charge in [-0.2, -0.15) is 0 Å². The van der Waals surface area contributed by atoms with Crippen molar-refractivity contribution < 1.29 is 18.1 Å².